The van der Waals surface area contributed by atoms with Crippen molar-refractivity contribution in [2.75, 3.05) is 0 Å². The van der Waals surface area contributed by atoms with E-state index in [0.29, 0.717) is 11.8 Å². The number of aromatic nitrogens is 2. The quantitative estimate of drug-likeness (QED) is 0.803. The summed E-state index contributed by atoms with van der Waals surface area (Å²) in [6, 6.07) is 9.97. The Kier molecular flexibility index (Phi) is 3.16. The van der Waals surface area contributed by atoms with Crippen molar-refractivity contribution >= 4 is 22.9 Å². The maximum atomic E-state index is 5.87. The molecule has 1 aliphatic carbocycles. The Morgan fingerprint density at radius 3 is 2.95 bits per heavy atom. The molecule has 0 saturated carbocycles. The van der Waals surface area contributed by atoms with Crippen LogP contribution >= 0.6 is 11.8 Å². The molecule has 3 aromatic rings. The lowest BCUT2D eigenvalue weighted by Gasteiger charge is -2.07. The summed E-state index contributed by atoms with van der Waals surface area (Å²) >= 11 is 1.46. The smallest absolute Gasteiger partial charge is 0.263 e. The van der Waals surface area contributed by atoms with Gasteiger partial charge in [-0.3, -0.25) is 0 Å². The third-order valence-electron chi connectivity index (χ3n) is 3.77. The van der Waals surface area contributed by atoms with E-state index in [4.69, 9.17) is 15.1 Å². The number of rotatable bonds is 3. The normalized spacial score (nSPS) is 13.8. The van der Waals surface area contributed by atoms with Crippen molar-refractivity contribution in [3.63, 3.8) is 0 Å². The molecule has 0 atom stereocenters. The number of hydrogen-bond acceptors (Lipinski definition) is 5. The van der Waals surface area contributed by atoms with Gasteiger partial charge in [0.05, 0.1) is 0 Å². The summed E-state index contributed by atoms with van der Waals surface area (Å²) in [7, 11) is 0. The molecular weight excluding hydrogens is 282 g/mol. The van der Waals surface area contributed by atoms with E-state index in [0.717, 1.165) is 34.5 Å². The number of hydrogen-bond donors (Lipinski definition) is 1. The number of aryl methyl sites for hydroxylation is 2. The molecule has 2 N–H and O–H groups in total. The molecule has 0 amide bonds. The van der Waals surface area contributed by atoms with Gasteiger partial charge in [-0.1, -0.05) is 18.2 Å². The molecule has 5 heteroatoms. The minimum Gasteiger partial charge on any atom is -0.431 e. The molecule has 2 aromatic heterocycles. The molecule has 4 rings (SSSR count). The number of fused-ring (bicyclic) bond motifs is 2. The number of nitrogens with zero attached hydrogens (tertiary/aromatic N) is 2. The zero-order valence-corrected chi connectivity index (χ0v) is 12.3. The fraction of sp³-hybridized carbons (Fsp3) is 0.250. The molecule has 2 heterocycles. The number of oxazole rings is 1. The second kappa shape index (κ2) is 5.16. The van der Waals surface area contributed by atoms with Gasteiger partial charge in [-0.25, -0.2) is 9.97 Å². The molecule has 0 fully saturated rings. The minimum atomic E-state index is 0.489. The molecule has 21 heavy (non-hydrogen) atoms. The van der Waals surface area contributed by atoms with Gasteiger partial charge in [0.25, 0.3) is 5.22 Å². The SMILES string of the molecule is NCc1cc2c(nc1Sc1nc3ccccc3o1)CCC2. The van der Waals surface area contributed by atoms with Crippen LogP contribution in [0.2, 0.25) is 0 Å². The second-order valence-electron chi connectivity index (χ2n) is 5.17. The largest absolute Gasteiger partial charge is 0.431 e. The summed E-state index contributed by atoms with van der Waals surface area (Å²) in [5.41, 5.74) is 11.2. The van der Waals surface area contributed by atoms with E-state index in [2.05, 4.69) is 11.1 Å². The van der Waals surface area contributed by atoms with Crippen molar-refractivity contribution in [2.24, 2.45) is 5.73 Å². The predicted octanol–water partition coefficient (Wildman–Crippen LogP) is 3.32. The Morgan fingerprint density at radius 1 is 1.19 bits per heavy atom. The Bertz CT molecular complexity index is 779. The van der Waals surface area contributed by atoms with E-state index in [9.17, 15) is 0 Å². The summed E-state index contributed by atoms with van der Waals surface area (Å²) in [5.74, 6) is 0. The second-order valence-corrected chi connectivity index (χ2v) is 6.11. The summed E-state index contributed by atoms with van der Waals surface area (Å²) < 4.78 is 5.76. The van der Waals surface area contributed by atoms with Gasteiger partial charge in [-0.2, -0.15) is 0 Å². The molecule has 0 spiro atoms. The van der Waals surface area contributed by atoms with Crippen molar-refractivity contribution in [2.45, 2.75) is 36.1 Å². The van der Waals surface area contributed by atoms with Crippen LogP contribution < -0.4 is 5.73 Å². The van der Waals surface area contributed by atoms with Crippen LogP contribution in [0, 0.1) is 0 Å². The lowest BCUT2D eigenvalue weighted by molar-refractivity contribution is 0.489. The molecule has 4 nitrogen and oxygen atoms in total. The summed E-state index contributed by atoms with van der Waals surface area (Å²) in [5, 5.41) is 1.54. The zero-order chi connectivity index (χ0) is 14.2. The fourth-order valence-electron chi connectivity index (χ4n) is 2.71. The molecule has 0 bridgehead atoms. The van der Waals surface area contributed by atoms with Crippen LogP contribution in [0.5, 0.6) is 0 Å². The Hall–Kier alpha value is -1.85. The van der Waals surface area contributed by atoms with Crippen molar-refractivity contribution in [3.05, 3.63) is 47.2 Å². The average Bonchev–Trinajstić information content (AvgIpc) is 3.11. The standard InChI is InChI=1S/C16H15N3OS/c17-9-11-8-10-4-3-6-12(10)18-15(11)21-16-19-13-5-1-2-7-14(13)20-16/h1-2,5,7-8H,3-4,6,9,17H2. The zero-order valence-electron chi connectivity index (χ0n) is 11.5. The van der Waals surface area contributed by atoms with E-state index >= 15 is 0 Å². The first-order valence-corrected chi connectivity index (χ1v) is 7.90. The van der Waals surface area contributed by atoms with Gasteiger partial charge in [0.15, 0.2) is 5.58 Å². The molecule has 0 saturated heterocycles. The van der Waals surface area contributed by atoms with Crippen molar-refractivity contribution in [1.29, 1.82) is 0 Å². The van der Waals surface area contributed by atoms with Crippen molar-refractivity contribution in [1.82, 2.24) is 9.97 Å². The number of pyridine rings is 1. The minimum absolute atomic E-state index is 0.489. The van der Waals surface area contributed by atoms with E-state index in [1.807, 2.05) is 24.3 Å². The molecule has 0 unspecified atom stereocenters. The van der Waals surface area contributed by atoms with Crippen LogP contribution in [0.3, 0.4) is 0 Å². The summed E-state index contributed by atoms with van der Waals surface area (Å²) in [6.07, 6.45) is 3.35. The Morgan fingerprint density at radius 2 is 2.10 bits per heavy atom. The van der Waals surface area contributed by atoms with Crippen LogP contribution in [-0.2, 0) is 19.4 Å². The molecule has 1 aliphatic rings. The molecular formula is C16H15N3OS. The monoisotopic (exact) mass is 297 g/mol. The van der Waals surface area contributed by atoms with E-state index < -0.39 is 0 Å². The first-order valence-electron chi connectivity index (χ1n) is 7.08. The molecule has 0 radical (unpaired) electrons. The number of para-hydroxylation sites is 2. The first kappa shape index (κ1) is 12.9. The average molecular weight is 297 g/mol. The van der Waals surface area contributed by atoms with Crippen molar-refractivity contribution < 1.29 is 4.42 Å². The van der Waals surface area contributed by atoms with Gasteiger partial charge in [-0.15, -0.1) is 0 Å². The summed E-state index contributed by atoms with van der Waals surface area (Å²) in [4.78, 5) is 9.26. The van der Waals surface area contributed by atoms with Crippen LogP contribution in [0.25, 0.3) is 11.1 Å². The van der Waals surface area contributed by atoms with Gasteiger partial charge >= 0.3 is 0 Å². The predicted molar refractivity (Wildman–Crippen MR) is 82.3 cm³/mol. The highest BCUT2D eigenvalue weighted by atomic mass is 32.2. The van der Waals surface area contributed by atoms with E-state index in [-0.39, 0.29) is 0 Å². The molecule has 106 valence electrons. The van der Waals surface area contributed by atoms with Crippen LogP contribution in [0.15, 0.2) is 45.0 Å². The molecule has 0 aliphatic heterocycles. The van der Waals surface area contributed by atoms with Gasteiger partial charge in [0, 0.05) is 12.2 Å². The van der Waals surface area contributed by atoms with Crippen molar-refractivity contribution in [3.8, 4) is 0 Å². The fourth-order valence-corrected chi connectivity index (χ4v) is 3.58. The van der Waals surface area contributed by atoms with Gasteiger partial charge < -0.3 is 10.2 Å². The topological polar surface area (TPSA) is 64.9 Å². The lowest BCUT2D eigenvalue weighted by Crippen LogP contribution is -2.03. The Labute approximate surface area is 126 Å². The Balaban J connectivity index is 1.73. The first-order chi connectivity index (χ1) is 10.3. The van der Waals surface area contributed by atoms with Gasteiger partial charge in [0.1, 0.15) is 10.5 Å². The third-order valence-corrected chi connectivity index (χ3v) is 4.66. The molecule has 1 aromatic carbocycles. The van der Waals surface area contributed by atoms with Gasteiger partial charge in [0.2, 0.25) is 0 Å². The van der Waals surface area contributed by atoms with E-state index in [1.54, 1.807) is 0 Å². The highest BCUT2D eigenvalue weighted by Gasteiger charge is 2.18. The van der Waals surface area contributed by atoms with Crippen LogP contribution in [-0.4, -0.2) is 9.97 Å². The highest BCUT2D eigenvalue weighted by Crippen LogP contribution is 2.33. The maximum Gasteiger partial charge on any atom is 0.263 e. The van der Waals surface area contributed by atoms with Crippen LogP contribution in [0.4, 0.5) is 0 Å². The van der Waals surface area contributed by atoms with Gasteiger partial charge in [-0.05, 0) is 54.3 Å². The third kappa shape index (κ3) is 2.32. The maximum absolute atomic E-state index is 5.87. The highest BCUT2D eigenvalue weighted by molar-refractivity contribution is 7.99. The summed E-state index contributed by atoms with van der Waals surface area (Å²) in [6.45, 7) is 0.489. The van der Waals surface area contributed by atoms with Crippen LogP contribution in [0.1, 0.15) is 23.2 Å². The number of benzene rings is 1. The lowest BCUT2D eigenvalue weighted by atomic mass is 10.1. The van der Waals surface area contributed by atoms with E-state index in [1.165, 1.54) is 29.4 Å². The number of nitrogens with two attached hydrogens (primary N) is 1.